The van der Waals surface area contributed by atoms with Gasteiger partial charge in [-0.25, -0.2) is 13.6 Å². The number of aromatic nitrogens is 6. The number of ether oxygens (including phenoxy) is 1. The predicted octanol–water partition coefficient (Wildman–Crippen LogP) is 12.9. The van der Waals surface area contributed by atoms with Crippen molar-refractivity contribution < 1.29 is 212 Å². The quantitative estimate of drug-likeness (QED) is 0.0126. The van der Waals surface area contributed by atoms with Crippen molar-refractivity contribution in [2.75, 3.05) is 73.7 Å². The van der Waals surface area contributed by atoms with Gasteiger partial charge in [0.05, 0.1) is 50.5 Å². The van der Waals surface area contributed by atoms with E-state index in [1.165, 1.54) is 86.8 Å². The summed E-state index contributed by atoms with van der Waals surface area (Å²) in [5, 5.41) is 63.6. The summed E-state index contributed by atoms with van der Waals surface area (Å²) >= 11 is 29.6. The molecule has 0 saturated carbocycles. The normalized spacial score (nSPS) is 13.8. The molecule has 0 aliphatic carbocycles. The van der Waals surface area contributed by atoms with Crippen LogP contribution in [-0.4, -0.2) is 147 Å². The van der Waals surface area contributed by atoms with Gasteiger partial charge in [-0.05, 0) is 168 Å². The number of carbonyl (C=O) groups excluding carboxylic acids is 2. The minimum Gasteiger partial charge on any atom is -1.00 e. The van der Waals surface area contributed by atoms with Gasteiger partial charge in [0.25, 0.3) is 6.47 Å². The van der Waals surface area contributed by atoms with Crippen molar-refractivity contribution in [3.05, 3.63) is 425 Å². The maximum absolute atomic E-state index is 13.6. The van der Waals surface area contributed by atoms with Gasteiger partial charge in [-0.2, -0.15) is 9.97 Å². The first-order valence-electron chi connectivity index (χ1n) is 46.3. The number of hydrogen-bond acceptors (Lipinski definition) is 20. The van der Waals surface area contributed by atoms with Crippen molar-refractivity contribution in [1.29, 1.82) is 0 Å². The fourth-order valence-electron chi connectivity index (χ4n) is 15.1. The van der Waals surface area contributed by atoms with E-state index in [1.807, 2.05) is 32.6 Å². The summed E-state index contributed by atoms with van der Waals surface area (Å²) in [6, 6.07) is 134. The number of piperazine rings is 2. The summed E-state index contributed by atoms with van der Waals surface area (Å²) in [7, 11) is -2.50. The number of aliphatic hydroxyl groups is 2. The molecule has 36 heteroatoms. The number of nitrogens with two attached hydrogens (primary N) is 2. The Balaban J connectivity index is 0.000000266. The standard InChI is InChI=1S/4C18H15P.C14H15Cl2FN6O.C13H21ClN6O3.C12H14BCl2FO2.CH2O3.2CH4.2Cs.Pd.H/c4*1-4-10-16(11-5-1)19(17-12-6-2-7-13-17)18-14-8-3-9-15-18;15-10-4-7(17)3-9(11(10)16)12-13(18)20-14(22-21-12)23-2-1-19-8(5-23)6-24;1-13(2,3)23-12(22)20-5-4-19(6-8(20)7-21)11-16-10(15)9(14)17-18-11;1-11(2)12(3,4)18-13(17-11)8-5-7(16)6-9(14)10(8)15;2-1-4-3;;;;;;/h4*1-15H;3-4,8,19,24H,1-2,5-6H2,(H2,18,20,22);8,21H,4-7H2,1-3H3,(H2,15,16,18);5-6H,1-4H3;1,3H;2*1H4;;;;/q;;;;;;;;;;2*+1;;-1/p-1/t;;;;2*8-;;;;;;;;/m....00......../s1. The van der Waals surface area contributed by atoms with Crippen LogP contribution in [0.25, 0.3) is 11.3 Å². The van der Waals surface area contributed by atoms with Gasteiger partial charge in [0.1, 0.15) is 22.9 Å². The predicted molar refractivity (Wildman–Crippen MR) is 610 cm³/mol. The van der Waals surface area contributed by atoms with Gasteiger partial charge >= 0.3 is 151 Å². The number of amides is 1. The van der Waals surface area contributed by atoms with E-state index >= 15 is 0 Å². The molecule has 3 aliphatic rings. The third-order valence-corrected chi connectivity index (χ3v) is 34.4. The Labute approximate surface area is 1040 Å². The molecule has 0 unspecified atom stereocenters. The molecule has 3 fully saturated rings. The number of aliphatic hydroxyl groups excluding tert-OH is 2. The molecule has 0 spiro atoms. The third-order valence-electron chi connectivity index (χ3n) is 22.7. The summed E-state index contributed by atoms with van der Waals surface area (Å²) in [5.74, 6) is -0.204. The molecule has 150 heavy (non-hydrogen) atoms. The second-order valence-electron chi connectivity index (χ2n) is 34.6. The number of anilines is 4. The molecule has 7 N–H and O–H groups in total. The molecule has 3 saturated heterocycles. The molecule has 774 valence electrons. The largest absolute Gasteiger partial charge is 1.00 e. The van der Waals surface area contributed by atoms with Crippen LogP contribution in [0, 0.1) is 11.6 Å². The molecule has 1 amide bonds. The zero-order valence-electron chi connectivity index (χ0n) is 84.1. The second kappa shape index (κ2) is 66.3. The van der Waals surface area contributed by atoms with E-state index in [0.717, 1.165) is 6.07 Å². The van der Waals surface area contributed by atoms with Crippen LogP contribution in [-0.2, 0) is 44.2 Å². The van der Waals surface area contributed by atoms with Gasteiger partial charge in [-0.1, -0.05) is 437 Å². The Kier molecular flexibility index (Phi) is 57.2. The number of carbonyl (C=O) groups is 2. The summed E-state index contributed by atoms with van der Waals surface area (Å²) in [6.45, 7) is 15.7. The van der Waals surface area contributed by atoms with E-state index in [-0.39, 0.29) is 248 Å². The summed E-state index contributed by atoms with van der Waals surface area (Å²) in [6.07, 6.45) is -0.453. The Bertz CT molecular complexity index is 5830. The van der Waals surface area contributed by atoms with Crippen LogP contribution in [0.4, 0.5) is 37.1 Å². The van der Waals surface area contributed by atoms with Gasteiger partial charge < -0.3 is 62.4 Å². The number of nitrogens with one attached hydrogen (secondary N) is 1. The molecule has 21 nitrogen and oxygen atoms in total. The van der Waals surface area contributed by atoms with Crippen molar-refractivity contribution in [2.45, 2.75) is 92.2 Å². The zero-order valence-corrected chi connectivity index (χ0v) is 105. The van der Waals surface area contributed by atoms with Crippen LogP contribution in [0.2, 0.25) is 25.2 Å². The number of hydrogen-bond donors (Lipinski definition) is 5. The monoisotopic (exact) mass is 2520 g/mol. The minimum absolute atomic E-state index is 0. The van der Waals surface area contributed by atoms with Crippen LogP contribution in [0.1, 0.15) is 64.7 Å². The van der Waals surface area contributed by atoms with E-state index in [2.05, 4.69) is 405 Å². The molecule has 0 bridgehead atoms. The molecule has 0 radical (unpaired) electrons. The van der Waals surface area contributed by atoms with Crippen molar-refractivity contribution in [3.8, 4) is 11.3 Å². The van der Waals surface area contributed by atoms with Gasteiger partial charge in [0.15, 0.2) is 16.8 Å². The molecule has 19 rings (SSSR count). The second-order valence-corrected chi connectivity index (χ2v) is 45.4. The minimum atomic E-state index is -0.712. The van der Waals surface area contributed by atoms with Crippen LogP contribution < -0.4 is 239 Å². The first-order valence-corrected chi connectivity index (χ1v) is 53.6. The molecule has 3 aliphatic heterocycles. The van der Waals surface area contributed by atoms with Gasteiger partial charge in [0.2, 0.25) is 11.9 Å². The molecule has 2 atom stereocenters. The van der Waals surface area contributed by atoms with Gasteiger partial charge in [-0.15, -0.1) is 20.4 Å². The van der Waals surface area contributed by atoms with Crippen LogP contribution in [0.5, 0.6) is 0 Å². The van der Waals surface area contributed by atoms with E-state index in [1.54, 1.807) is 25.7 Å². The third kappa shape index (κ3) is 38.6. The first kappa shape index (κ1) is 130. The Morgan fingerprint density at radius 3 is 1.03 bits per heavy atom. The summed E-state index contributed by atoms with van der Waals surface area (Å²) in [4.78, 5) is 37.0. The summed E-state index contributed by atoms with van der Waals surface area (Å²) in [5.41, 5.74) is 10.8. The van der Waals surface area contributed by atoms with E-state index < -0.39 is 79.4 Å². The van der Waals surface area contributed by atoms with Crippen LogP contribution in [0.15, 0.2) is 388 Å². The zero-order chi connectivity index (χ0) is 103. The van der Waals surface area contributed by atoms with Crippen molar-refractivity contribution >= 4 is 202 Å². The Morgan fingerprint density at radius 2 is 0.747 bits per heavy atom. The molecule has 2 aromatic heterocycles. The number of rotatable bonds is 19. The Morgan fingerprint density at radius 1 is 0.460 bits per heavy atom. The van der Waals surface area contributed by atoms with Crippen LogP contribution >= 0.6 is 89.7 Å². The smallest absolute Gasteiger partial charge is 1.00 e. The molecule has 14 aromatic carbocycles. The van der Waals surface area contributed by atoms with Crippen LogP contribution in [0.3, 0.4) is 0 Å². The van der Waals surface area contributed by atoms with E-state index in [4.69, 9.17) is 93.6 Å². The molecular formula is C114H120BCl5Cs2F2N12O9P4Pd. The number of benzene rings is 14. The first-order chi connectivity index (χ1) is 70.0. The molecule has 5 heterocycles. The Hall–Kier alpha value is -7.34. The topological polar surface area (TPSA) is 286 Å². The fourth-order valence-corrected chi connectivity index (χ4v) is 25.3. The SMILES string of the molecule is C.C.CC(C)(C)OC(=O)N1CCN(c2nnc(Cl)c(N)n2)C[C@H]1CO.CC1(C)OB(c2cc(F)cc(Cl)c2Cl)OC1(C)C.Nc1nc(N2CCN[C@H](CO)C2)nnc1-c1cc(F)cc(Cl)c1Cl.O=CO[O-].[Cs+].[Cs+].[H-].[Pd].c1ccc(P(c2ccccc2)c2ccccc2)cc1.c1ccc(P(c2ccccc2)c2ccccc2)cc1.c1ccc(P(c2ccccc2)c2ccccc2)cc1.c1ccc(P(c2ccccc2)c2ccccc2)cc1. The maximum atomic E-state index is 13.6. The molecule has 16 aromatic rings. The van der Waals surface area contributed by atoms with Gasteiger partial charge in [-0.3, -0.25) is 9.69 Å². The van der Waals surface area contributed by atoms with E-state index in [0.29, 0.717) is 56.6 Å². The van der Waals surface area contributed by atoms with Crippen molar-refractivity contribution in [1.82, 2.24) is 40.6 Å². The number of nitrogens with zero attached hydrogens (tertiary/aromatic N) is 9. The fraction of sp³-hybridized carbons (Fsp3) is 0.193. The van der Waals surface area contributed by atoms with Crippen molar-refractivity contribution in [2.24, 2.45) is 0 Å². The summed E-state index contributed by atoms with van der Waals surface area (Å²) < 4.78 is 44.0. The maximum Gasteiger partial charge on any atom is 1.00 e. The van der Waals surface area contributed by atoms with E-state index in [9.17, 15) is 23.8 Å². The number of nitrogen functional groups attached to an aromatic ring is 2. The van der Waals surface area contributed by atoms with Gasteiger partial charge in [0, 0.05) is 76.8 Å². The van der Waals surface area contributed by atoms with Crippen molar-refractivity contribution in [3.63, 3.8) is 0 Å². The number of halogens is 7. The average Bonchev–Trinajstić information content (AvgIpc) is 1.62. The molecular weight excluding hydrogens is 2400 g/mol. The average molecular weight is 2520 g/mol.